The minimum absolute atomic E-state index is 0.219. The summed E-state index contributed by atoms with van der Waals surface area (Å²) in [6.45, 7) is 2.39. The van der Waals surface area contributed by atoms with Gasteiger partial charge >= 0.3 is 0 Å². The van der Waals surface area contributed by atoms with E-state index in [1.54, 1.807) is 26.4 Å². The zero-order valence-corrected chi connectivity index (χ0v) is 13.0. The van der Waals surface area contributed by atoms with E-state index in [0.717, 1.165) is 11.3 Å². The molecule has 0 spiro atoms. The normalized spacial score (nSPS) is 11.1. The van der Waals surface area contributed by atoms with Gasteiger partial charge < -0.3 is 20.0 Å². The largest absolute Gasteiger partial charge is 0.507 e. The number of hydrogen-bond acceptors (Lipinski definition) is 5. The number of hydrogen-bond donors (Lipinski definition) is 2. The molecule has 116 valence electrons. The second kappa shape index (κ2) is 7.36. The third kappa shape index (κ3) is 3.69. The number of phenols is 1. The number of para-hydroxylation sites is 1. The molecule has 0 bridgehead atoms. The van der Waals surface area contributed by atoms with Crippen molar-refractivity contribution in [3.05, 3.63) is 53.6 Å². The van der Waals surface area contributed by atoms with Crippen LogP contribution in [0.25, 0.3) is 0 Å². The van der Waals surface area contributed by atoms with Crippen LogP contribution in [0.3, 0.4) is 0 Å². The van der Waals surface area contributed by atoms with Crippen LogP contribution >= 0.6 is 0 Å². The molecule has 0 heterocycles. The molecule has 2 rings (SSSR count). The van der Waals surface area contributed by atoms with Crippen molar-refractivity contribution in [2.45, 2.75) is 13.5 Å². The molecule has 0 radical (unpaired) electrons. The molecule has 5 heteroatoms. The summed E-state index contributed by atoms with van der Waals surface area (Å²) >= 11 is 0. The summed E-state index contributed by atoms with van der Waals surface area (Å²) in [6.07, 6.45) is 0. The summed E-state index contributed by atoms with van der Waals surface area (Å²) in [4.78, 5) is 0. The molecule has 0 saturated carbocycles. The highest BCUT2D eigenvalue weighted by molar-refractivity contribution is 6.00. The van der Waals surface area contributed by atoms with E-state index in [-0.39, 0.29) is 5.75 Å². The maximum absolute atomic E-state index is 9.78. The average Bonchev–Trinajstić information content (AvgIpc) is 2.55. The topological polar surface area (TPSA) is 63.1 Å². The summed E-state index contributed by atoms with van der Waals surface area (Å²) in [7, 11) is 3.21. The molecule has 0 unspecified atom stereocenters. The Morgan fingerprint density at radius 3 is 2.50 bits per heavy atom. The van der Waals surface area contributed by atoms with Crippen molar-refractivity contribution in [3.8, 4) is 17.2 Å². The monoisotopic (exact) mass is 300 g/mol. The minimum atomic E-state index is 0.219. The molecule has 22 heavy (non-hydrogen) atoms. The Morgan fingerprint density at radius 1 is 1.09 bits per heavy atom. The number of rotatable bonds is 6. The van der Waals surface area contributed by atoms with E-state index in [2.05, 4.69) is 10.5 Å². The Labute approximate surface area is 130 Å². The maximum atomic E-state index is 9.78. The SMILES string of the molecule is COc1ccc(CN/N=C(\C)c2ccccc2O)cc1OC. The molecular formula is C17H20N2O3. The summed E-state index contributed by atoms with van der Waals surface area (Å²) in [6, 6.07) is 12.8. The van der Waals surface area contributed by atoms with Crippen molar-refractivity contribution in [3.63, 3.8) is 0 Å². The van der Waals surface area contributed by atoms with Gasteiger partial charge in [-0.15, -0.1) is 0 Å². The molecular weight excluding hydrogens is 280 g/mol. The fourth-order valence-corrected chi connectivity index (χ4v) is 2.08. The molecule has 0 saturated heterocycles. The molecule has 0 amide bonds. The Hall–Kier alpha value is -2.69. The second-order valence-corrected chi connectivity index (χ2v) is 4.74. The molecule has 2 N–H and O–H groups in total. The van der Waals surface area contributed by atoms with E-state index in [0.29, 0.717) is 23.6 Å². The van der Waals surface area contributed by atoms with Gasteiger partial charge in [-0.25, -0.2) is 0 Å². The highest BCUT2D eigenvalue weighted by atomic mass is 16.5. The van der Waals surface area contributed by atoms with Gasteiger partial charge in [-0.1, -0.05) is 18.2 Å². The van der Waals surface area contributed by atoms with Gasteiger partial charge in [-0.3, -0.25) is 0 Å². The van der Waals surface area contributed by atoms with E-state index in [1.165, 1.54) is 0 Å². The van der Waals surface area contributed by atoms with Crippen molar-refractivity contribution < 1.29 is 14.6 Å². The van der Waals surface area contributed by atoms with E-state index >= 15 is 0 Å². The van der Waals surface area contributed by atoms with Gasteiger partial charge in [0.15, 0.2) is 11.5 Å². The summed E-state index contributed by atoms with van der Waals surface area (Å²) in [5, 5.41) is 14.1. The van der Waals surface area contributed by atoms with Crippen LogP contribution in [-0.4, -0.2) is 25.0 Å². The number of methoxy groups -OCH3 is 2. The summed E-state index contributed by atoms with van der Waals surface area (Å²) < 4.78 is 10.5. The van der Waals surface area contributed by atoms with Crippen LogP contribution in [0.5, 0.6) is 17.2 Å². The number of phenolic OH excluding ortho intramolecular Hbond substituents is 1. The Kier molecular flexibility index (Phi) is 5.25. The van der Waals surface area contributed by atoms with Gasteiger partial charge in [0.25, 0.3) is 0 Å². The predicted molar refractivity (Wildman–Crippen MR) is 86.7 cm³/mol. The van der Waals surface area contributed by atoms with Crippen LogP contribution in [0.2, 0.25) is 0 Å². The lowest BCUT2D eigenvalue weighted by atomic mass is 10.1. The lowest BCUT2D eigenvalue weighted by molar-refractivity contribution is 0.354. The number of hydrazone groups is 1. The van der Waals surface area contributed by atoms with Gasteiger partial charge in [0.2, 0.25) is 0 Å². The highest BCUT2D eigenvalue weighted by Gasteiger charge is 2.05. The molecule has 5 nitrogen and oxygen atoms in total. The third-order valence-electron chi connectivity index (χ3n) is 3.27. The van der Waals surface area contributed by atoms with Gasteiger partial charge in [-0.2, -0.15) is 5.10 Å². The zero-order valence-electron chi connectivity index (χ0n) is 13.0. The van der Waals surface area contributed by atoms with E-state index < -0.39 is 0 Å². The van der Waals surface area contributed by atoms with Crippen LogP contribution < -0.4 is 14.9 Å². The average molecular weight is 300 g/mol. The Bertz CT molecular complexity index is 669. The molecule has 0 aliphatic rings. The number of aromatic hydroxyl groups is 1. The molecule has 0 aliphatic carbocycles. The van der Waals surface area contributed by atoms with E-state index in [1.807, 2.05) is 37.3 Å². The molecule has 0 atom stereocenters. The standard InChI is InChI=1S/C17H20N2O3/c1-12(14-6-4-5-7-15(14)20)19-18-11-13-8-9-16(21-2)17(10-13)22-3/h4-10,18,20H,11H2,1-3H3/b19-12+. The first-order valence-electron chi connectivity index (χ1n) is 6.92. The van der Waals surface area contributed by atoms with Crippen molar-refractivity contribution in [1.82, 2.24) is 5.43 Å². The third-order valence-corrected chi connectivity index (χ3v) is 3.27. The fourth-order valence-electron chi connectivity index (χ4n) is 2.08. The second-order valence-electron chi connectivity index (χ2n) is 4.74. The number of benzene rings is 2. The van der Waals surface area contributed by atoms with E-state index in [9.17, 15) is 5.11 Å². The molecule has 0 aromatic heterocycles. The van der Waals surface area contributed by atoms with Gasteiger partial charge in [0.05, 0.1) is 26.5 Å². The first-order valence-corrected chi connectivity index (χ1v) is 6.92. The van der Waals surface area contributed by atoms with Crippen molar-refractivity contribution >= 4 is 5.71 Å². The lowest BCUT2D eigenvalue weighted by Crippen LogP contribution is -2.09. The van der Waals surface area contributed by atoms with Crippen LogP contribution in [0.4, 0.5) is 0 Å². The van der Waals surface area contributed by atoms with Gasteiger partial charge in [-0.05, 0) is 36.8 Å². The van der Waals surface area contributed by atoms with E-state index in [4.69, 9.17) is 9.47 Å². The van der Waals surface area contributed by atoms with Gasteiger partial charge in [0, 0.05) is 5.56 Å². The Morgan fingerprint density at radius 2 is 1.82 bits per heavy atom. The minimum Gasteiger partial charge on any atom is -0.507 e. The first kappa shape index (κ1) is 15.7. The molecule has 2 aromatic rings. The van der Waals surface area contributed by atoms with Crippen molar-refractivity contribution in [2.24, 2.45) is 5.10 Å². The smallest absolute Gasteiger partial charge is 0.161 e. The summed E-state index contributed by atoms with van der Waals surface area (Å²) in [5.41, 5.74) is 5.45. The highest BCUT2D eigenvalue weighted by Crippen LogP contribution is 2.27. The van der Waals surface area contributed by atoms with Crippen LogP contribution in [0.15, 0.2) is 47.6 Å². The molecule has 2 aromatic carbocycles. The summed E-state index contributed by atoms with van der Waals surface area (Å²) in [5.74, 6) is 1.60. The van der Waals surface area contributed by atoms with Crippen molar-refractivity contribution in [1.29, 1.82) is 0 Å². The quantitative estimate of drug-likeness (QED) is 0.636. The molecule has 0 aliphatic heterocycles. The fraction of sp³-hybridized carbons (Fsp3) is 0.235. The van der Waals surface area contributed by atoms with Gasteiger partial charge in [0.1, 0.15) is 5.75 Å². The van der Waals surface area contributed by atoms with Crippen molar-refractivity contribution in [2.75, 3.05) is 14.2 Å². The maximum Gasteiger partial charge on any atom is 0.161 e. The molecule has 0 fully saturated rings. The van der Waals surface area contributed by atoms with Crippen LogP contribution in [0.1, 0.15) is 18.1 Å². The number of nitrogens with zero attached hydrogens (tertiary/aromatic N) is 1. The number of ether oxygens (including phenoxy) is 2. The Balaban J connectivity index is 2.04. The first-order chi connectivity index (χ1) is 10.7. The zero-order chi connectivity index (χ0) is 15.9. The number of nitrogens with one attached hydrogen (secondary N) is 1. The van der Waals surface area contributed by atoms with Crippen LogP contribution in [0, 0.1) is 0 Å². The lowest BCUT2D eigenvalue weighted by Gasteiger charge is -2.10. The predicted octanol–water partition coefficient (Wildman–Crippen LogP) is 2.92. The van der Waals surface area contributed by atoms with Crippen LogP contribution in [-0.2, 0) is 6.54 Å².